The number of pyridine rings is 1. The minimum atomic E-state index is 0.419. The van der Waals surface area contributed by atoms with Gasteiger partial charge in [-0.2, -0.15) is 0 Å². The van der Waals surface area contributed by atoms with Gasteiger partial charge in [0.2, 0.25) is 0 Å². The SMILES string of the molecule is CCOCc1nccc(NC2CCC(C(C)(C)C)CC2)c1OCC. The maximum absolute atomic E-state index is 5.88. The van der Waals surface area contributed by atoms with Gasteiger partial charge in [-0.25, -0.2) is 0 Å². The fourth-order valence-electron chi connectivity index (χ4n) is 3.54. The lowest BCUT2D eigenvalue weighted by molar-refractivity contribution is 0.128. The predicted molar refractivity (Wildman–Crippen MR) is 99.6 cm³/mol. The van der Waals surface area contributed by atoms with Crippen molar-refractivity contribution in [3.63, 3.8) is 0 Å². The van der Waals surface area contributed by atoms with Gasteiger partial charge in [0.25, 0.3) is 0 Å². The Kier molecular flexibility index (Phi) is 6.90. The molecule has 136 valence electrons. The van der Waals surface area contributed by atoms with E-state index in [1.807, 2.05) is 26.1 Å². The highest BCUT2D eigenvalue weighted by Crippen LogP contribution is 2.39. The van der Waals surface area contributed by atoms with Crippen LogP contribution in [0.5, 0.6) is 5.75 Å². The van der Waals surface area contributed by atoms with E-state index in [1.54, 1.807) is 0 Å². The first-order chi connectivity index (χ1) is 11.5. The maximum atomic E-state index is 5.88. The highest BCUT2D eigenvalue weighted by Gasteiger charge is 2.30. The Bertz CT molecular complexity index is 503. The number of hydrogen-bond acceptors (Lipinski definition) is 4. The van der Waals surface area contributed by atoms with Gasteiger partial charge in [0.15, 0.2) is 5.75 Å². The third-order valence-electron chi connectivity index (χ3n) is 5.02. The van der Waals surface area contributed by atoms with Crippen molar-refractivity contribution in [1.29, 1.82) is 0 Å². The molecule has 1 N–H and O–H groups in total. The van der Waals surface area contributed by atoms with Gasteiger partial charge in [0.1, 0.15) is 5.69 Å². The van der Waals surface area contributed by atoms with Crippen LogP contribution in [0.15, 0.2) is 12.3 Å². The van der Waals surface area contributed by atoms with E-state index in [2.05, 4.69) is 31.1 Å². The van der Waals surface area contributed by atoms with Gasteiger partial charge >= 0.3 is 0 Å². The van der Waals surface area contributed by atoms with Crippen LogP contribution in [0.25, 0.3) is 0 Å². The molecule has 2 rings (SSSR count). The number of nitrogens with zero attached hydrogens (tertiary/aromatic N) is 1. The molecule has 4 heteroatoms. The molecule has 0 saturated heterocycles. The normalized spacial score (nSPS) is 21.5. The van der Waals surface area contributed by atoms with E-state index in [0.717, 1.165) is 23.0 Å². The van der Waals surface area contributed by atoms with Crippen LogP contribution in [-0.2, 0) is 11.3 Å². The van der Waals surface area contributed by atoms with Crippen molar-refractivity contribution in [2.75, 3.05) is 18.5 Å². The second kappa shape index (κ2) is 8.70. The molecule has 1 aliphatic carbocycles. The van der Waals surface area contributed by atoms with Crippen molar-refractivity contribution in [2.45, 2.75) is 73.0 Å². The Morgan fingerprint density at radius 3 is 2.42 bits per heavy atom. The van der Waals surface area contributed by atoms with E-state index >= 15 is 0 Å². The largest absolute Gasteiger partial charge is 0.490 e. The van der Waals surface area contributed by atoms with Crippen molar-refractivity contribution in [2.24, 2.45) is 11.3 Å². The molecule has 1 saturated carbocycles. The van der Waals surface area contributed by atoms with Crippen molar-refractivity contribution in [3.8, 4) is 5.75 Å². The lowest BCUT2D eigenvalue weighted by Gasteiger charge is -2.37. The number of ether oxygens (including phenoxy) is 2. The van der Waals surface area contributed by atoms with E-state index in [-0.39, 0.29) is 0 Å². The maximum Gasteiger partial charge on any atom is 0.166 e. The average Bonchev–Trinajstić information content (AvgIpc) is 2.55. The van der Waals surface area contributed by atoms with Crippen LogP contribution in [0.3, 0.4) is 0 Å². The molecule has 0 amide bonds. The van der Waals surface area contributed by atoms with Crippen molar-refractivity contribution in [1.82, 2.24) is 4.98 Å². The molecule has 1 fully saturated rings. The molecule has 0 spiro atoms. The molecular formula is C20H34N2O2. The first-order valence-corrected chi connectivity index (χ1v) is 9.40. The average molecular weight is 335 g/mol. The second-order valence-electron chi connectivity index (χ2n) is 7.76. The zero-order valence-electron chi connectivity index (χ0n) is 16.0. The molecule has 0 aromatic carbocycles. The number of anilines is 1. The second-order valence-corrected chi connectivity index (χ2v) is 7.76. The summed E-state index contributed by atoms with van der Waals surface area (Å²) in [6.45, 7) is 12.9. The van der Waals surface area contributed by atoms with Crippen LogP contribution in [0.1, 0.15) is 66.0 Å². The van der Waals surface area contributed by atoms with Crippen LogP contribution in [0.4, 0.5) is 5.69 Å². The quantitative estimate of drug-likeness (QED) is 0.759. The van der Waals surface area contributed by atoms with Gasteiger partial charge in [-0.15, -0.1) is 0 Å². The van der Waals surface area contributed by atoms with Gasteiger partial charge in [-0.05, 0) is 56.9 Å². The molecule has 1 aliphatic rings. The zero-order chi connectivity index (χ0) is 17.6. The highest BCUT2D eigenvalue weighted by atomic mass is 16.5. The minimum absolute atomic E-state index is 0.419. The van der Waals surface area contributed by atoms with Gasteiger partial charge in [0, 0.05) is 18.8 Å². The lowest BCUT2D eigenvalue weighted by atomic mass is 9.71. The molecule has 4 nitrogen and oxygen atoms in total. The number of hydrogen-bond donors (Lipinski definition) is 1. The van der Waals surface area contributed by atoms with E-state index in [9.17, 15) is 0 Å². The number of nitrogens with one attached hydrogen (secondary N) is 1. The lowest BCUT2D eigenvalue weighted by Crippen LogP contribution is -2.31. The molecule has 0 bridgehead atoms. The summed E-state index contributed by atoms with van der Waals surface area (Å²) in [5.74, 6) is 1.68. The Morgan fingerprint density at radius 2 is 1.83 bits per heavy atom. The number of aromatic nitrogens is 1. The van der Waals surface area contributed by atoms with Crippen LogP contribution < -0.4 is 10.1 Å². The van der Waals surface area contributed by atoms with Gasteiger partial charge in [-0.1, -0.05) is 20.8 Å². The summed E-state index contributed by atoms with van der Waals surface area (Å²) < 4.78 is 11.4. The van der Waals surface area contributed by atoms with Crippen molar-refractivity contribution < 1.29 is 9.47 Å². The standard InChI is InChI=1S/C20H34N2O2/c1-6-23-14-18-19(24-7-2)17(12-13-21-18)22-16-10-8-15(9-11-16)20(3,4)5/h12-13,15-16H,6-11,14H2,1-5H3,(H,21,22). The van der Waals surface area contributed by atoms with Crippen LogP contribution in [-0.4, -0.2) is 24.2 Å². The summed E-state index contributed by atoms with van der Waals surface area (Å²) >= 11 is 0. The first kappa shape index (κ1) is 19.0. The molecular weight excluding hydrogens is 300 g/mol. The Balaban J connectivity index is 2.04. The van der Waals surface area contributed by atoms with Crippen LogP contribution in [0, 0.1) is 11.3 Å². The fraction of sp³-hybridized carbons (Fsp3) is 0.750. The summed E-state index contributed by atoms with van der Waals surface area (Å²) in [6.07, 6.45) is 6.87. The molecule has 1 aromatic rings. The molecule has 0 aliphatic heterocycles. The Hall–Kier alpha value is -1.29. The van der Waals surface area contributed by atoms with E-state index in [4.69, 9.17) is 9.47 Å². The summed E-state index contributed by atoms with van der Waals surface area (Å²) in [6, 6.07) is 2.54. The number of rotatable bonds is 7. The first-order valence-electron chi connectivity index (χ1n) is 9.40. The molecule has 0 radical (unpaired) electrons. The van der Waals surface area contributed by atoms with Gasteiger partial charge in [0.05, 0.1) is 18.9 Å². The van der Waals surface area contributed by atoms with E-state index in [1.165, 1.54) is 25.7 Å². The topological polar surface area (TPSA) is 43.4 Å². The van der Waals surface area contributed by atoms with Gasteiger partial charge < -0.3 is 14.8 Å². The monoisotopic (exact) mass is 334 g/mol. The molecule has 0 atom stereocenters. The Morgan fingerprint density at radius 1 is 1.12 bits per heavy atom. The predicted octanol–water partition coefficient (Wildman–Crippen LogP) is 5.03. The Labute approximate surface area is 147 Å². The highest BCUT2D eigenvalue weighted by molar-refractivity contribution is 5.58. The van der Waals surface area contributed by atoms with E-state index in [0.29, 0.717) is 31.3 Å². The molecule has 1 aromatic heterocycles. The summed E-state index contributed by atoms with van der Waals surface area (Å²) in [7, 11) is 0. The minimum Gasteiger partial charge on any atom is -0.490 e. The van der Waals surface area contributed by atoms with Crippen molar-refractivity contribution in [3.05, 3.63) is 18.0 Å². The summed E-state index contributed by atoms with van der Waals surface area (Å²) in [4.78, 5) is 4.44. The molecule has 1 heterocycles. The van der Waals surface area contributed by atoms with Crippen LogP contribution in [0.2, 0.25) is 0 Å². The summed E-state index contributed by atoms with van der Waals surface area (Å²) in [5.41, 5.74) is 2.36. The third-order valence-corrected chi connectivity index (χ3v) is 5.02. The molecule has 0 unspecified atom stereocenters. The van der Waals surface area contributed by atoms with E-state index < -0.39 is 0 Å². The third kappa shape index (κ3) is 5.10. The fourth-order valence-corrected chi connectivity index (χ4v) is 3.54. The van der Waals surface area contributed by atoms with Crippen molar-refractivity contribution >= 4 is 5.69 Å². The summed E-state index contributed by atoms with van der Waals surface area (Å²) in [5, 5.41) is 3.70. The smallest absolute Gasteiger partial charge is 0.166 e. The zero-order valence-corrected chi connectivity index (χ0v) is 16.0. The van der Waals surface area contributed by atoms with Gasteiger partial charge in [-0.3, -0.25) is 4.98 Å². The molecule has 24 heavy (non-hydrogen) atoms. The van der Waals surface area contributed by atoms with Crippen LogP contribution >= 0.6 is 0 Å².